The Morgan fingerprint density at radius 3 is 2.72 bits per heavy atom. The summed E-state index contributed by atoms with van der Waals surface area (Å²) in [7, 11) is 0. The molecule has 2 nitrogen and oxygen atoms in total. The maximum Gasteiger partial charge on any atom is 0.129 e. The largest absolute Gasteiger partial charge is 0.493 e. The summed E-state index contributed by atoms with van der Waals surface area (Å²) in [5.41, 5.74) is 0.695. The first-order chi connectivity index (χ1) is 8.65. The lowest BCUT2D eigenvalue weighted by Gasteiger charge is -2.35. The lowest BCUT2D eigenvalue weighted by atomic mass is 9.83. The van der Waals surface area contributed by atoms with Crippen LogP contribution in [0.4, 0.5) is 4.39 Å². The molecule has 4 heteroatoms. The van der Waals surface area contributed by atoms with Gasteiger partial charge in [-0.05, 0) is 37.1 Å². The van der Waals surface area contributed by atoms with E-state index in [1.165, 1.54) is 6.07 Å². The van der Waals surface area contributed by atoms with E-state index in [1.807, 2.05) is 6.07 Å². The number of thiol groups is 1. The van der Waals surface area contributed by atoms with Crippen LogP contribution in [-0.2, 0) is 4.74 Å². The highest BCUT2D eigenvalue weighted by Crippen LogP contribution is 2.32. The van der Waals surface area contributed by atoms with Crippen molar-refractivity contribution in [2.75, 3.05) is 25.6 Å². The van der Waals surface area contributed by atoms with Gasteiger partial charge in [0, 0.05) is 24.7 Å². The van der Waals surface area contributed by atoms with Gasteiger partial charge in [-0.2, -0.15) is 12.6 Å². The number of halogens is 1. The molecule has 1 saturated heterocycles. The smallest absolute Gasteiger partial charge is 0.129 e. The van der Waals surface area contributed by atoms with Crippen LogP contribution in [-0.4, -0.2) is 25.6 Å². The molecule has 18 heavy (non-hydrogen) atoms. The van der Waals surface area contributed by atoms with Crippen molar-refractivity contribution >= 4 is 12.6 Å². The van der Waals surface area contributed by atoms with E-state index < -0.39 is 0 Å². The summed E-state index contributed by atoms with van der Waals surface area (Å²) >= 11 is 4.42. The molecule has 0 N–H and O–H groups in total. The zero-order valence-electron chi connectivity index (χ0n) is 10.6. The number of aryl methyl sites for hydroxylation is 1. The molecule has 0 atom stereocenters. The first kappa shape index (κ1) is 13.7. The predicted octanol–water partition coefficient (Wildman–Crippen LogP) is 3.24. The van der Waals surface area contributed by atoms with Crippen molar-refractivity contribution in [3.63, 3.8) is 0 Å². The lowest BCUT2D eigenvalue weighted by Crippen LogP contribution is -2.36. The summed E-state index contributed by atoms with van der Waals surface area (Å²) in [6.45, 7) is 3.83. The van der Waals surface area contributed by atoms with Crippen LogP contribution in [0.1, 0.15) is 18.4 Å². The van der Waals surface area contributed by atoms with Crippen molar-refractivity contribution in [2.24, 2.45) is 5.41 Å². The monoisotopic (exact) mass is 270 g/mol. The van der Waals surface area contributed by atoms with Gasteiger partial charge in [-0.15, -0.1) is 0 Å². The Kier molecular flexibility index (Phi) is 4.51. The fraction of sp³-hybridized carbons (Fsp3) is 0.571. The summed E-state index contributed by atoms with van der Waals surface area (Å²) in [4.78, 5) is 0. The van der Waals surface area contributed by atoms with E-state index in [9.17, 15) is 4.39 Å². The van der Waals surface area contributed by atoms with Gasteiger partial charge in [0.05, 0.1) is 6.61 Å². The minimum atomic E-state index is -0.223. The summed E-state index contributed by atoms with van der Waals surface area (Å²) in [6, 6.07) is 4.99. The normalized spacial score (nSPS) is 18.6. The quantitative estimate of drug-likeness (QED) is 0.847. The summed E-state index contributed by atoms with van der Waals surface area (Å²) < 4.78 is 24.5. The molecule has 0 saturated carbocycles. The maximum atomic E-state index is 13.4. The van der Waals surface area contributed by atoms with Gasteiger partial charge in [-0.3, -0.25) is 0 Å². The average Bonchev–Trinajstić information content (AvgIpc) is 2.41. The van der Waals surface area contributed by atoms with Crippen LogP contribution in [0, 0.1) is 18.2 Å². The highest BCUT2D eigenvalue weighted by molar-refractivity contribution is 7.80. The topological polar surface area (TPSA) is 18.5 Å². The van der Waals surface area contributed by atoms with Crippen LogP contribution >= 0.6 is 12.6 Å². The molecule has 1 aliphatic rings. The van der Waals surface area contributed by atoms with Gasteiger partial charge in [0.1, 0.15) is 11.6 Å². The van der Waals surface area contributed by atoms with E-state index in [0.29, 0.717) is 17.9 Å². The summed E-state index contributed by atoms with van der Waals surface area (Å²) in [5.74, 6) is 1.13. The SMILES string of the molecule is Cc1ccc(OCC2(CS)CCOCC2)cc1F. The van der Waals surface area contributed by atoms with E-state index in [2.05, 4.69) is 12.6 Å². The highest BCUT2D eigenvalue weighted by atomic mass is 32.1. The molecule has 0 unspecified atom stereocenters. The standard InChI is InChI=1S/C14H19FO2S/c1-11-2-3-12(8-13(11)15)17-9-14(10-18)4-6-16-7-5-14/h2-3,8,18H,4-7,9-10H2,1H3. The molecule has 2 rings (SSSR count). The fourth-order valence-corrected chi connectivity index (χ4v) is 2.46. The van der Waals surface area contributed by atoms with Crippen LogP contribution in [0.3, 0.4) is 0 Å². The van der Waals surface area contributed by atoms with E-state index in [1.54, 1.807) is 13.0 Å². The zero-order valence-corrected chi connectivity index (χ0v) is 11.5. The summed E-state index contributed by atoms with van der Waals surface area (Å²) in [5, 5.41) is 0. The van der Waals surface area contributed by atoms with Crippen LogP contribution in [0.15, 0.2) is 18.2 Å². The lowest BCUT2D eigenvalue weighted by molar-refractivity contribution is 0.00305. The van der Waals surface area contributed by atoms with Gasteiger partial charge >= 0.3 is 0 Å². The third-order valence-electron chi connectivity index (χ3n) is 3.58. The van der Waals surface area contributed by atoms with Crippen molar-refractivity contribution in [3.05, 3.63) is 29.6 Å². The van der Waals surface area contributed by atoms with Gasteiger partial charge in [0.25, 0.3) is 0 Å². The molecule has 1 aromatic carbocycles. The molecule has 0 spiro atoms. The first-order valence-electron chi connectivity index (χ1n) is 6.23. The van der Waals surface area contributed by atoms with E-state index in [0.717, 1.165) is 31.8 Å². The Labute approximate surface area is 113 Å². The van der Waals surface area contributed by atoms with Crippen molar-refractivity contribution < 1.29 is 13.9 Å². The maximum absolute atomic E-state index is 13.4. The molecular weight excluding hydrogens is 251 g/mol. The number of hydrogen-bond acceptors (Lipinski definition) is 3. The Morgan fingerprint density at radius 1 is 1.39 bits per heavy atom. The third-order valence-corrected chi connectivity index (χ3v) is 4.25. The van der Waals surface area contributed by atoms with Gasteiger partial charge in [0.2, 0.25) is 0 Å². The van der Waals surface area contributed by atoms with E-state index in [4.69, 9.17) is 9.47 Å². The molecule has 100 valence electrons. The highest BCUT2D eigenvalue weighted by Gasteiger charge is 2.32. The van der Waals surface area contributed by atoms with E-state index >= 15 is 0 Å². The summed E-state index contributed by atoms with van der Waals surface area (Å²) in [6.07, 6.45) is 1.90. The van der Waals surface area contributed by atoms with Crippen LogP contribution in [0.5, 0.6) is 5.75 Å². The predicted molar refractivity (Wildman–Crippen MR) is 73.0 cm³/mol. The van der Waals surface area contributed by atoms with Gasteiger partial charge < -0.3 is 9.47 Å². The van der Waals surface area contributed by atoms with Crippen LogP contribution in [0.25, 0.3) is 0 Å². The van der Waals surface area contributed by atoms with Crippen molar-refractivity contribution in [2.45, 2.75) is 19.8 Å². The molecule has 0 radical (unpaired) electrons. The fourth-order valence-electron chi connectivity index (χ4n) is 2.05. The second-order valence-corrected chi connectivity index (χ2v) is 5.29. The molecule has 1 fully saturated rings. The number of rotatable bonds is 4. The zero-order chi connectivity index (χ0) is 13.0. The Bertz CT molecular complexity index is 403. The number of ether oxygens (including phenoxy) is 2. The minimum Gasteiger partial charge on any atom is -0.493 e. The van der Waals surface area contributed by atoms with Crippen molar-refractivity contribution in [3.8, 4) is 5.75 Å². The Hall–Kier alpha value is -0.740. The number of benzene rings is 1. The van der Waals surface area contributed by atoms with Crippen molar-refractivity contribution in [1.82, 2.24) is 0 Å². The average molecular weight is 270 g/mol. The van der Waals surface area contributed by atoms with Gasteiger partial charge in [-0.25, -0.2) is 4.39 Å². The van der Waals surface area contributed by atoms with Crippen LogP contribution in [0.2, 0.25) is 0 Å². The molecule has 1 aromatic rings. The number of hydrogen-bond donors (Lipinski definition) is 1. The Morgan fingerprint density at radius 2 is 2.11 bits per heavy atom. The molecule has 1 heterocycles. The molecule has 0 amide bonds. The minimum absolute atomic E-state index is 0.0583. The molecule has 0 aromatic heterocycles. The Balaban J connectivity index is 1.98. The third kappa shape index (κ3) is 3.18. The second kappa shape index (κ2) is 5.93. The van der Waals surface area contributed by atoms with Gasteiger partial charge in [-0.1, -0.05) is 6.07 Å². The first-order valence-corrected chi connectivity index (χ1v) is 6.86. The van der Waals surface area contributed by atoms with Gasteiger partial charge in [0.15, 0.2) is 0 Å². The molecule has 1 aliphatic heterocycles. The van der Waals surface area contributed by atoms with E-state index in [-0.39, 0.29) is 11.2 Å². The molecule has 0 aliphatic carbocycles. The van der Waals surface area contributed by atoms with Crippen molar-refractivity contribution in [1.29, 1.82) is 0 Å². The van der Waals surface area contributed by atoms with Crippen LogP contribution < -0.4 is 4.74 Å². The molecule has 0 bridgehead atoms. The second-order valence-electron chi connectivity index (χ2n) is 4.97. The molecular formula is C14H19FO2S.